The minimum Gasteiger partial charge on any atom is -0.277 e. The smallest absolute Gasteiger partial charge is 0.266 e. The van der Waals surface area contributed by atoms with E-state index in [4.69, 9.17) is 0 Å². The van der Waals surface area contributed by atoms with Crippen LogP contribution in [0, 0.1) is 6.92 Å². The van der Waals surface area contributed by atoms with Crippen LogP contribution >= 0.6 is 23.3 Å². The Bertz CT molecular complexity index is 735. The second kappa shape index (κ2) is 6.26. The summed E-state index contributed by atoms with van der Waals surface area (Å²) in [7, 11) is 0. The molecule has 0 saturated carbocycles. The molecule has 0 saturated heterocycles. The van der Waals surface area contributed by atoms with Crippen LogP contribution in [0.1, 0.15) is 15.9 Å². The maximum atomic E-state index is 11.9. The number of nitrogens with one attached hydrogen (secondary N) is 2. The van der Waals surface area contributed by atoms with Crippen LogP contribution in [0.2, 0.25) is 0 Å². The first-order valence-corrected chi connectivity index (χ1v) is 8.00. The zero-order valence-corrected chi connectivity index (χ0v) is 12.9. The fourth-order valence-electron chi connectivity index (χ4n) is 1.79. The number of nitrogens with zero attached hydrogens (tertiary/aromatic N) is 1. The monoisotopic (exact) mass is 315 g/mol. The first-order chi connectivity index (χ1) is 10.2. The molecule has 0 atom stereocenters. The molecule has 0 unspecified atom stereocenters. The molecule has 1 amide bonds. The van der Waals surface area contributed by atoms with E-state index >= 15 is 0 Å². The molecule has 6 heteroatoms. The summed E-state index contributed by atoms with van der Waals surface area (Å²) in [5.74, 6) is -0.163. The van der Waals surface area contributed by atoms with Gasteiger partial charge in [0.25, 0.3) is 5.91 Å². The zero-order chi connectivity index (χ0) is 14.7. The first kappa shape index (κ1) is 14.1. The number of para-hydroxylation sites is 1. The molecule has 2 N–H and O–H groups in total. The Morgan fingerprint density at radius 2 is 1.90 bits per heavy atom. The van der Waals surface area contributed by atoms with Crippen LogP contribution in [0.3, 0.4) is 0 Å². The lowest BCUT2D eigenvalue weighted by Crippen LogP contribution is -2.32. The van der Waals surface area contributed by atoms with Crippen LogP contribution in [0.15, 0.2) is 52.9 Å². The number of hydrazine groups is 1. The van der Waals surface area contributed by atoms with Gasteiger partial charge in [0.15, 0.2) is 4.34 Å². The molecule has 1 aromatic heterocycles. The second-order valence-electron chi connectivity index (χ2n) is 4.47. The standard InChI is InChI=1S/C15H13N3OS2/c1-10-6-8-11(9-7-10)14(19)17-18-21-15-16-12-4-2-3-5-13(12)20-15/h2-9,18H,1H3,(H,17,19). The molecule has 3 aromatic rings. The molecule has 106 valence electrons. The highest BCUT2D eigenvalue weighted by Crippen LogP contribution is 2.27. The Labute approximate surface area is 130 Å². The lowest BCUT2D eigenvalue weighted by atomic mass is 10.1. The van der Waals surface area contributed by atoms with Crippen LogP contribution < -0.4 is 10.3 Å². The summed E-state index contributed by atoms with van der Waals surface area (Å²) < 4.78 is 1.99. The predicted octanol–water partition coefficient (Wildman–Crippen LogP) is 3.55. The topological polar surface area (TPSA) is 54.0 Å². The van der Waals surface area contributed by atoms with Gasteiger partial charge in [0.1, 0.15) is 0 Å². The van der Waals surface area contributed by atoms with Crippen molar-refractivity contribution in [3.63, 3.8) is 0 Å². The summed E-state index contributed by atoms with van der Waals surface area (Å²) in [4.78, 5) is 19.2. The summed E-state index contributed by atoms with van der Waals surface area (Å²) in [6, 6.07) is 15.4. The molecule has 4 nitrogen and oxygen atoms in total. The van der Waals surface area contributed by atoms with Crippen molar-refractivity contribution in [1.29, 1.82) is 0 Å². The number of carbonyl (C=O) groups excluding carboxylic acids is 1. The lowest BCUT2D eigenvalue weighted by Gasteiger charge is -2.04. The molecule has 0 spiro atoms. The largest absolute Gasteiger partial charge is 0.277 e. The van der Waals surface area contributed by atoms with Crippen molar-refractivity contribution in [2.45, 2.75) is 11.3 Å². The molecular weight excluding hydrogens is 302 g/mol. The minimum atomic E-state index is -0.163. The van der Waals surface area contributed by atoms with Crippen molar-refractivity contribution in [2.24, 2.45) is 0 Å². The van der Waals surface area contributed by atoms with Gasteiger partial charge in [-0.2, -0.15) is 4.83 Å². The van der Waals surface area contributed by atoms with Crippen LogP contribution in [0.5, 0.6) is 0 Å². The van der Waals surface area contributed by atoms with E-state index in [9.17, 15) is 4.79 Å². The molecular formula is C15H13N3OS2. The predicted molar refractivity (Wildman–Crippen MR) is 87.3 cm³/mol. The van der Waals surface area contributed by atoms with Crippen molar-refractivity contribution in [1.82, 2.24) is 15.2 Å². The van der Waals surface area contributed by atoms with Crippen molar-refractivity contribution in [3.8, 4) is 0 Å². The highest BCUT2D eigenvalue weighted by molar-refractivity contribution is 7.99. The van der Waals surface area contributed by atoms with Gasteiger partial charge in [-0.25, -0.2) is 4.98 Å². The van der Waals surface area contributed by atoms with Gasteiger partial charge < -0.3 is 0 Å². The van der Waals surface area contributed by atoms with Crippen molar-refractivity contribution >= 4 is 39.4 Å². The van der Waals surface area contributed by atoms with E-state index in [0.29, 0.717) is 5.56 Å². The highest BCUT2D eigenvalue weighted by atomic mass is 32.2. The van der Waals surface area contributed by atoms with Crippen LogP contribution in [0.25, 0.3) is 10.2 Å². The molecule has 0 aliphatic heterocycles. The number of hydrogen-bond donors (Lipinski definition) is 2. The van der Waals surface area contributed by atoms with E-state index in [1.807, 2.05) is 43.3 Å². The fraction of sp³-hybridized carbons (Fsp3) is 0.0667. The number of benzene rings is 2. The van der Waals surface area contributed by atoms with E-state index < -0.39 is 0 Å². The first-order valence-electron chi connectivity index (χ1n) is 6.37. The van der Waals surface area contributed by atoms with Crippen molar-refractivity contribution < 1.29 is 4.79 Å². The quantitative estimate of drug-likeness (QED) is 0.571. The summed E-state index contributed by atoms with van der Waals surface area (Å²) in [6.07, 6.45) is 0. The molecule has 2 aromatic carbocycles. The minimum absolute atomic E-state index is 0.163. The van der Waals surface area contributed by atoms with Gasteiger partial charge in [-0.15, -0.1) is 11.3 Å². The third-order valence-corrected chi connectivity index (χ3v) is 4.69. The summed E-state index contributed by atoms with van der Waals surface area (Å²) >= 11 is 2.88. The lowest BCUT2D eigenvalue weighted by molar-refractivity contribution is 0.0947. The number of hydrogen-bond acceptors (Lipinski definition) is 5. The Kier molecular flexibility index (Phi) is 4.19. The van der Waals surface area contributed by atoms with Crippen LogP contribution in [-0.2, 0) is 0 Å². The van der Waals surface area contributed by atoms with E-state index in [1.54, 1.807) is 23.5 Å². The Hall–Kier alpha value is -1.89. The van der Waals surface area contributed by atoms with Gasteiger partial charge in [-0.3, -0.25) is 10.2 Å². The van der Waals surface area contributed by atoms with Crippen LogP contribution in [0.4, 0.5) is 0 Å². The Morgan fingerprint density at radius 3 is 2.67 bits per heavy atom. The number of aromatic nitrogens is 1. The van der Waals surface area contributed by atoms with Gasteiger partial charge in [-0.05, 0) is 31.2 Å². The number of amides is 1. The number of aryl methyl sites for hydroxylation is 1. The average Bonchev–Trinajstić information content (AvgIpc) is 2.90. The van der Waals surface area contributed by atoms with Crippen LogP contribution in [-0.4, -0.2) is 10.9 Å². The molecule has 1 heterocycles. The molecule has 0 bridgehead atoms. The van der Waals surface area contributed by atoms with E-state index in [-0.39, 0.29) is 5.91 Å². The number of thiazole rings is 1. The Morgan fingerprint density at radius 1 is 1.14 bits per heavy atom. The van der Waals surface area contributed by atoms with E-state index in [0.717, 1.165) is 20.1 Å². The Balaban J connectivity index is 1.58. The van der Waals surface area contributed by atoms with E-state index in [1.165, 1.54) is 11.9 Å². The molecule has 0 fully saturated rings. The molecule has 0 aliphatic carbocycles. The highest BCUT2D eigenvalue weighted by Gasteiger charge is 2.06. The average molecular weight is 315 g/mol. The molecule has 21 heavy (non-hydrogen) atoms. The van der Waals surface area contributed by atoms with E-state index in [2.05, 4.69) is 15.2 Å². The molecule has 0 radical (unpaired) electrons. The van der Waals surface area contributed by atoms with Gasteiger partial charge in [0.2, 0.25) is 0 Å². The number of fused-ring (bicyclic) bond motifs is 1. The fourth-order valence-corrected chi connectivity index (χ4v) is 3.42. The number of carbonyl (C=O) groups is 1. The molecule has 0 aliphatic rings. The van der Waals surface area contributed by atoms with Gasteiger partial charge >= 0.3 is 0 Å². The molecule has 3 rings (SSSR count). The van der Waals surface area contributed by atoms with Crippen molar-refractivity contribution in [3.05, 3.63) is 59.7 Å². The third-order valence-electron chi connectivity index (χ3n) is 2.89. The summed E-state index contributed by atoms with van der Waals surface area (Å²) in [5, 5.41) is 0. The second-order valence-corrected chi connectivity index (χ2v) is 6.56. The zero-order valence-electron chi connectivity index (χ0n) is 11.3. The number of rotatable bonds is 4. The third kappa shape index (κ3) is 3.41. The van der Waals surface area contributed by atoms with Gasteiger partial charge in [0, 0.05) is 17.5 Å². The van der Waals surface area contributed by atoms with Gasteiger partial charge in [-0.1, -0.05) is 29.8 Å². The van der Waals surface area contributed by atoms with Gasteiger partial charge in [0.05, 0.1) is 10.2 Å². The maximum absolute atomic E-state index is 11.9. The normalized spacial score (nSPS) is 10.7. The van der Waals surface area contributed by atoms with Crippen molar-refractivity contribution in [2.75, 3.05) is 0 Å². The SMILES string of the molecule is Cc1ccc(C(=O)NNSc2nc3ccccc3s2)cc1. The summed E-state index contributed by atoms with van der Waals surface area (Å²) in [5.41, 5.74) is 5.37. The summed E-state index contributed by atoms with van der Waals surface area (Å²) in [6.45, 7) is 1.99. The maximum Gasteiger partial charge on any atom is 0.266 e.